The minimum absolute atomic E-state index is 0.00201. The highest BCUT2D eigenvalue weighted by atomic mass is 35.5. The number of nitrogens with one attached hydrogen (secondary N) is 1. The van der Waals surface area contributed by atoms with Gasteiger partial charge in [-0.05, 0) is 24.6 Å². The molecule has 0 saturated carbocycles. The molecule has 0 aliphatic carbocycles. The second kappa shape index (κ2) is 6.20. The highest BCUT2D eigenvalue weighted by molar-refractivity contribution is 6.30. The summed E-state index contributed by atoms with van der Waals surface area (Å²) in [6.07, 6.45) is 0.146. The Hall–Kier alpha value is -1.62. The lowest BCUT2D eigenvalue weighted by atomic mass is 10.2. The molecular weight excluding hydrogens is 249 g/mol. The van der Waals surface area contributed by atoms with Crippen LogP contribution in [0.4, 0.5) is 10.1 Å². The molecule has 1 amide bonds. The number of carboxylic acid groups (broad SMARTS) is 1. The van der Waals surface area contributed by atoms with Gasteiger partial charge in [-0.25, -0.2) is 4.39 Å². The Labute approximate surface area is 102 Å². The molecule has 0 aromatic heterocycles. The summed E-state index contributed by atoms with van der Waals surface area (Å²) in [7, 11) is 0. The van der Waals surface area contributed by atoms with E-state index in [2.05, 4.69) is 5.32 Å². The fraction of sp³-hybridized carbons (Fsp3) is 0.273. The van der Waals surface area contributed by atoms with E-state index in [1.54, 1.807) is 0 Å². The lowest BCUT2D eigenvalue weighted by Gasteiger charge is -2.06. The third-order valence-electron chi connectivity index (χ3n) is 2.00. The van der Waals surface area contributed by atoms with Gasteiger partial charge in [0, 0.05) is 17.9 Å². The first-order valence-electron chi connectivity index (χ1n) is 4.95. The molecule has 1 aromatic carbocycles. The average Bonchev–Trinajstić information content (AvgIpc) is 2.23. The third-order valence-corrected chi connectivity index (χ3v) is 2.23. The van der Waals surface area contributed by atoms with E-state index in [4.69, 9.17) is 16.7 Å². The van der Waals surface area contributed by atoms with Crippen molar-refractivity contribution in [3.63, 3.8) is 0 Å². The molecule has 1 aromatic rings. The Morgan fingerprint density at radius 1 is 1.35 bits per heavy atom. The number of benzene rings is 1. The maximum atomic E-state index is 13.2. The van der Waals surface area contributed by atoms with Crippen LogP contribution in [0.5, 0.6) is 0 Å². The van der Waals surface area contributed by atoms with Crippen LogP contribution in [0.15, 0.2) is 18.2 Å². The summed E-state index contributed by atoms with van der Waals surface area (Å²) in [6.45, 7) is 0. The van der Waals surface area contributed by atoms with Gasteiger partial charge in [-0.15, -0.1) is 0 Å². The Morgan fingerprint density at radius 3 is 2.71 bits per heavy atom. The van der Waals surface area contributed by atoms with Gasteiger partial charge in [-0.2, -0.15) is 0 Å². The molecule has 0 radical (unpaired) electrons. The Bertz CT molecular complexity index is 437. The number of carbonyl (C=O) groups is 2. The third kappa shape index (κ3) is 4.82. The van der Waals surface area contributed by atoms with Crippen LogP contribution < -0.4 is 5.32 Å². The van der Waals surface area contributed by atoms with Crippen LogP contribution >= 0.6 is 11.6 Å². The zero-order valence-electron chi connectivity index (χ0n) is 8.87. The van der Waals surface area contributed by atoms with Crippen molar-refractivity contribution in [3.8, 4) is 0 Å². The Balaban J connectivity index is 2.50. The molecule has 92 valence electrons. The van der Waals surface area contributed by atoms with E-state index in [0.717, 1.165) is 6.07 Å². The van der Waals surface area contributed by atoms with Crippen LogP contribution in [-0.4, -0.2) is 17.0 Å². The molecule has 1 rings (SSSR count). The summed E-state index contributed by atoms with van der Waals surface area (Å²) < 4.78 is 13.2. The first kappa shape index (κ1) is 13.4. The van der Waals surface area contributed by atoms with Crippen molar-refractivity contribution >= 4 is 29.2 Å². The summed E-state index contributed by atoms with van der Waals surface area (Å²) in [5.74, 6) is -1.99. The highest BCUT2D eigenvalue weighted by Gasteiger charge is 2.08. The minimum Gasteiger partial charge on any atom is -0.481 e. The van der Waals surface area contributed by atoms with Gasteiger partial charge in [0.05, 0.1) is 5.69 Å². The lowest BCUT2D eigenvalue weighted by molar-refractivity contribution is -0.137. The van der Waals surface area contributed by atoms with Gasteiger partial charge in [-0.1, -0.05) is 11.6 Å². The SMILES string of the molecule is O=C(O)CCCC(=O)Nc1cc(Cl)ccc1F. The number of amides is 1. The molecule has 0 aliphatic rings. The van der Waals surface area contributed by atoms with Crippen LogP contribution in [-0.2, 0) is 9.59 Å². The average molecular weight is 260 g/mol. The lowest BCUT2D eigenvalue weighted by Crippen LogP contribution is -2.13. The molecule has 0 unspecified atom stereocenters. The first-order valence-corrected chi connectivity index (χ1v) is 5.33. The molecule has 0 spiro atoms. The molecule has 0 atom stereocenters. The quantitative estimate of drug-likeness (QED) is 0.854. The van der Waals surface area contributed by atoms with E-state index in [-0.39, 0.29) is 24.9 Å². The number of aliphatic carboxylic acids is 1. The van der Waals surface area contributed by atoms with Gasteiger partial charge in [0.15, 0.2) is 0 Å². The number of carboxylic acids is 1. The zero-order chi connectivity index (χ0) is 12.8. The van der Waals surface area contributed by atoms with Crippen molar-refractivity contribution in [2.75, 3.05) is 5.32 Å². The molecule has 0 aliphatic heterocycles. The van der Waals surface area contributed by atoms with Crippen LogP contribution in [0.3, 0.4) is 0 Å². The van der Waals surface area contributed by atoms with E-state index >= 15 is 0 Å². The molecule has 17 heavy (non-hydrogen) atoms. The number of carbonyl (C=O) groups excluding carboxylic acids is 1. The number of halogens is 2. The standard InChI is InChI=1S/C11H11ClFNO3/c12-7-4-5-8(13)9(6-7)14-10(15)2-1-3-11(16)17/h4-6H,1-3H2,(H,14,15)(H,16,17). The number of hydrogen-bond donors (Lipinski definition) is 2. The topological polar surface area (TPSA) is 66.4 Å². The fourth-order valence-electron chi connectivity index (χ4n) is 1.21. The van der Waals surface area contributed by atoms with E-state index in [9.17, 15) is 14.0 Å². The van der Waals surface area contributed by atoms with E-state index in [1.165, 1.54) is 12.1 Å². The van der Waals surface area contributed by atoms with E-state index < -0.39 is 17.7 Å². The molecule has 0 fully saturated rings. The Kier molecular flexibility index (Phi) is 4.90. The number of hydrogen-bond acceptors (Lipinski definition) is 2. The largest absolute Gasteiger partial charge is 0.481 e. The molecule has 6 heteroatoms. The number of anilines is 1. The van der Waals surface area contributed by atoms with Crippen LogP contribution in [0.1, 0.15) is 19.3 Å². The van der Waals surface area contributed by atoms with Crippen molar-refractivity contribution in [1.82, 2.24) is 0 Å². The van der Waals surface area contributed by atoms with Crippen molar-refractivity contribution in [3.05, 3.63) is 29.0 Å². The molecule has 4 nitrogen and oxygen atoms in total. The second-order valence-electron chi connectivity index (χ2n) is 3.42. The van der Waals surface area contributed by atoms with Gasteiger partial charge >= 0.3 is 5.97 Å². The fourth-order valence-corrected chi connectivity index (χ4v) is 1.38. The summed E-state index contributed by atoms with van der Waals surface area (Å²) in [4.78, 5) is 21.6. The van der Waals surface area contributed by atoms with Crippen molar-refractivity contribution in [1.29, 1.82) is 0 Å². The highest BCUT2D eigenvalue weighted by Crippen LogP contribution is 2.19. The van der Waals surface area contributed by atoms with Gasteiger partial charge in [0.25, 0.3) is 0 Å². The monoisotopic (exact) mass is 259 g/mol. The van der Waals surface area contributed by atoms with E-state index in [1.807, 2.05) is 0 Å². The molecule has 0 bridgehead atoms. The van der Waals surface area contributed by atoms with Gasteiger partial charge in [0.1, 0.15) is 5.82 Å². The van der Waals surface area contributed by atoms with Crippen molar-refractivity contribution < 1.29 is 19.1 Å². The van der Waals surface area contributed by atoms with Crippen LogP contribution in [0.25, 0.3) is 0 Å². The smallest absolute Gasteiger partial charge is 0.303 e. The van der Waals surface area contributed by atoms with Crippen LogP contribution in [0, 0.1) is 5.82 Å². The second-order valence-corrected chi connectivity index (χ2v) is 3.86. The zero-order valence-corrected chi connectivity index (χ0v) is 9.63. The number of rotatable bonds is 5. The molecule has 0 heterocycles. The summed E-state index contributed by atoms with van der Waals surface area (Å²) in [5.41, 5.74) is -0.00201. The maximum Gasteiger partial charge on any atom is 0.303 e. The van der Waals surface area contributed by atoms with E-state index in [0.29, 0.717) is 5.02 Å². The normalized spacial score (nSPS) is 10.0. The minimum atomic E-state index is -0.966. The predicted octanol–water partition coefficient (Wildman–Crippen LogP) is 2.67. The maximum absolute atomic E-state index is 13.2. The summed E-state index contributed by atoms with van der Waals surface area (Å²) in [5, 5.41) is 11.0. The van der Waals surface area contributed by atoms with Gasteiger partial charge < -0.3 is 10.4 Å². The summed E-state index contributed by atoms with van der Waals surface area (Å²) in [6, 6.07) is 3.82. The molecule has 2 N–H and O–H groups in total. The van der Waals surface area contributed by atoms with Crippen LogP contribution in [0.2, 0.25) is 5.02 Å². The van der Waals surface area contributed by atoms with Crippen molar-refractivity contribution in [2.45, 2.75) is 19.3 Å². The van der Waals surface area contributed by atoms with Gasteiger partial charge in [0.2, 0.25) is 5.91 Å². The summed E-state index contributed by atoms with van der Waals surface area (Å²) >= 11 is 5.65. The molecule has 0 saturated heterocycles. The molecular formula is C11H11ClFNO3. The van der Waals surface area contributed by atoms with Gasteiger partial charge in [-0.3, -0.25) is 9.59 Å². The Morgan fingerprint density at radius 2 is 2.06 bits per heavy atom. The first-order chi connectivity index (χ1) is 7.99. The predicted molar refractivity (Wildman–Crippen MR) is 61.5 cm³/mol. The van der Waals surface area contributed by atoms with Crippen molar-refractivity contribution in [2.24, 2.45) is 0 Å².